The fourth-order valence-electron chi connectivity index (χ4n) is 5.40. The third-order valence-electron chi connectivity index (χ3n) is 7.55. The molecule has 1 aliphatic rings. The molecule has 0 saturated heterocycles. The second-order valence-corrected chi connectivity index (χ2v) is 15.5. The fourth-order valence-corrected chi connectivity index (χ4v) is 10.2. The maximum absolute atomic E-state index is 14.4. The molecule has 16 heteroatoms. The number of ether oxygens (including phenoxy) is 1. The van der Waals surface area contributed by atoms with E-state index in [4.69, 9.17) is 9.15 Å². The Morgan fingerprint density at radius 2 is 1.64 bits per heavy atom. The number of carboxylic acids is 1. The van der Waals surface area contributed by atoms with Crippen LogP contribution in [0.4, 0.5) is 5.69 Å². The summed E-state index contributed by atoms with van der Waals surface area (Å²) in [6, 6.07) is 8.42. The second-order valence-electron chi connectivity index (χ2n) is 10.2. The molecule has 1 aliphatic heterocycles. The molecule has 0 unspecified atom stereocenters. The number of nitrogens with zero attached hydrogens (tertiary/aromatic N) is 4. The molecule has 0 amide bonds. The smallest absolute Gasteiger partial charge is 0.378 e. The van der Waals surface area contributed by atoms with E-state index in [1.807, 2.05) is 58.4 Å². The molecule has 0 spiro atoms. The van der Waals surface area contributed by atoms with Gasteiger partial charge < -0.3 is 28.8 Å². The van der Waals surface area contributed by atoms with Crippen molar-refractivity contribution in [1.29, 1.82) is 0 Å². The van der Waals surface area contributed by atoms with Crippen molar-refractivity contribution in [2.75, 3.05) is 63.0 Å². The van der Waals surface area contributed by atoms with Gasteiger partial charge in [-0.1, -0.05) is 23.5 Å². The molecule has 5 rings (SSSR count). The van der Waals surface area contributed by atoms with E-state index in [1.54, 1.807) is 64.9 Å². The summed E-state index contributed by atoms with van der Waals surface area (Å²) in [5.74, 6) is -0.0503. The average Bonchev–Trinajstić information content (AvgIpc) is 3.65. The van der Waals surface area contributed by atoms with E-state index in [9.17, 15) is 19.8 Å². The number of aromatic nitrogens is 3. The zero-order valence-corrected chi connectivity index (χ0v) is 31.8. The van der Waals surface area contributed by atoms with Crippen molar-refractivity contribution >= 4 is 104 Å². The molecule has 3 heterocycles. The molecule has 47 heavy (non-hydrogen) atoms. The maximum Gasteiger partial charge on any atom is 0.378 e. The van der Waals surface area contributed by atoms with Crippen LogP contribution in [0.25, 0.3) is 22.2 Å². The van der Waals surface area contributed by atoms with Crippen LogP contribution >= 0.6 is 70.6 Å². The average molecular weight is 754 g/mol. The minimum Gasteiger partial charge on any atom is -0.480 e. The monoisotopic (exact) mass is 753 g/mol. The van der Waals surface area contributed by atoms with Crippen LogP contribution in [0.2, 0.25) is 0 Å². The number of rotatable bonds is 14. The molecule has 2 aromatic heterocycles. The predicted molar refractivity (Wildman–Crippen MR) is 198 cm³/mol. The Morgan fingerprint density at radius 3 is 2.28 bits per heavy atom. The van der Waals surface area contributed by atoms with Gasteiger partial charge in [0.05, 0.1) is 31.6 Å². The summed E-state index contributed by atoms with van der Waals surface area (Å²) in [4.78, 5) is 34.1. The highest BCUT2D eigenvalue weighted by Gasteiger charge is 2.29. The summed E-state index contributed by atoms with van der Waals surface area (Å²) >= 11 is 9.78. The first kappa shape index (κ1) is 36.2. The summed E-state index contributed by atoms with van der Waals surface area (Å²) in [6.07, 6.45) is 11.9. The van der Waals surface area contributed by atoms with Gasteiger partial charge in [-0.3, -0.25) is 14.2 Å². The van der Waals surface area contributed by atoms with Crippen LogP contribution in [0.3, 0.4) is 0 Å². The highest BCUT2D eigenvalue weighted by Crippen LogP contribution is 2.49. The number of carboxylic acid groups (broad SMARTS) is 1. The van der Waals surface area contributed by atoms with E-state index in [0.717, 1.165) is 35.7 Å². The third-order valence-corrected chi connectivity index (χ3v) is 12.6. The van der Waals surface area contributed by atoms with Crippen LogP contribution in [0, 0.1) is 0 Å². The normalized spacial score (nSPS) is 14.5. The molecule has 0 bridgehead atoms. The number of hydrogen-bond donors (Lipinski definition) is 2. The van der Waals surface area contributed by atoms with Gasteiger partial charge in [-0.05, 0) is 43.4 Å². The van der Waals surface area contributed by atoms with Crippen LogP contribution in [0.15, 0.2) is 58.0 Å². The van der Waals surface area contributed by atoms with Crippen molar-refractivity contribution in [2.24, 2.45) is 0 Å². The minimum absolute atomic E-state index is 0.131. The molecule has 2 aromatic carbocycles. The Morgan fingerprint density at radius 1 is 0.979 bits per heavy atom. The Labute approximate surface area is 298 Å². The van der Waals surface area contributed by atoms with Crippen molar-refractivity contribution in [3.8, 4) is 0 Å². The first-order chi connectivity index (χ1) is 22.7. The van der Waals surface area contributed by atoms with Gasteiger partial charge in [-0.2, -0.15) is 0 Å². The SMILES string of the molecule is CSC[n+]1c(C=c2n(CC(=O)O)c(=O)c(=C3Sc4cc(SC)c(SC)cc4N3C)n2CCOCCO)oc2cc(SC)c(SC)cc21. The van der Waals surface area contributed by atoms with Gasteiger partial charge in [0.1, 0.15) is 22.4 Å². The molecule has 0 atom stereocenters. The lowest BCUT2D eigenvalue weighted by atomic mass is 10.3. The van der Waals surface area contributed by atoms with Gasteiger partial charge >= 0.3 is 11.9 Å². The molecule has 0 radical (unpaired) electrons. The molecular weight excluding hydrogens is 717 g/mol. The number of aliphatic hydroxyl groups excluding tert-OH is 1. The van der Waals surface area contributed by atoms with Crippen LogP contribution < -0.4 is 25.9 Å². The van der Waals surface area contributed by atoms with Gasteiger partial charge in [-0.25, -0.2) is 0 Å². The zero-order chi connectivity index (χ0) is 33.8. The Kier molecular flexibility index (Phi) is 12.4. The number of anilines is 1. The van der Waals surface area contributed by atoms with Gasteiger partial charge in [0.25, 0.3) is 11.1 Å². The number of imidazole rings is 1. The maximum atomic E-state index is 14.4. The molecule has 10 nitrogen and oxygen atoms in total. The highest BCUT2D eigenvalue weighted by molar-refractivity contribution is 8.08. The minimum atomic E-state index is -1.13. The van der Waals surface area contributed by atoms with Gasteiger partial charge in [0.15, 0.2) is 5.88 Å². The topological polar surface area (TPSA) is 114 Å². The van der Waals surface area contributed by atoms with E-state index < -0.39 is 18.1 Å². The van der Waals surface area contributed by atoms with Gasteiger partial charge in [-0.15, -0.1) is 51.6 Å². The van der Waals surface area contributed by atoms with Crippen LogP contribution in [-0.4, -0.2) is 83.5 Å². The number of thioether (sulfide) groups is 6. The zero-order valence-electron chi connectivity index (χ0n) is 26.9. The van der Waals surface area contributed by atoms with E-state index in [-0.39, 0.29) is 26.4 Å². The van der Waals surface area contributed by atoms with Crippen LogP contribution in [0.1, 0.15) is 5.89 Å². The van der Waals surface area contributed by atoms with E-state index in [1.165, 1.54) is 16.3 Å². The molecule has 0 aliphatic carbocycles. The quantitative estimate of drug-likeness (QED) is 0.110. The number of oxazole rings is 1. The summed E-state index contributed by atoms with van der Waals surface area (Å²) in [7, 11) is 1.93. The van der Waals surface area contributed by atoms with Crippen molar-refractivity contribution in [2.45, 2.75) is 43.4 Å². The number of hydrogen-bond acceptors (Lipinski definition) is 12. The summed E-state index contributed by atoms with van der Waals surface area (Å²) in [5.41, 5.74) is 2.57. The predicted octanol–water partition coefficient (Wildman–Crippen LogP) is 4.12. The highest BCUT2D eigenvalue weighted by atomic mass is 32.2. The third kappa shape index (κ3) is 7.30. The van der Waals surface area contributed by atoms with E-state index in [0.29, 0.717) is 33.2 Å². The Hall–Kier alpha value is -2.05. The molecule has 0 saturated carbocycles. The largest absolute Gasteiger partial charge is 0.480 e. The first-order valence-electron chi connectivity index (χ1n) is 14.4. The molecule has 0 fully saturated rings. The Balaban J connectivity index is 1.83. The number of benzene rings is 2. The number of fused-ring (bicyclic) bond motifs is 2. The lowest BCUT2D eigenvalue weighted by Crippen LogP contribution is -2.38. The van der Waals surface area contributed by atoms with Crippen molar-refractivity contribution in [1.82, 2.24) is 9.13 Å². The van der Waals surface area contributed by atoms with E-state index >= 15 is 0 Å². The number of aliphatic carboxylic acids is 1. The summed E-state index contributed by atoms with van der Waals surface area (Å²) in [6.45, 7) is -0.0582. The Bertz CT molecular complexity index is 1990. The standard InChI is InChI=1S/C31H36N4O6S6/c1-32-19-12-23(44-4)25(46-6)14-21(19)47-31(32)29-30(39)34(16-28(37)38)26(33(29)7-9-40-10-8-36)15-27-35(17-42-2)18-11-22(43-3)24(45-5)13-20(18)41-27/h11-15,36H,7-10,16-17H2,1-6H3/p+1. The summed E-state index contributed by atoms with van der Waals surface area (Å²) in [5, 5.41) is 20.4. The number of carbonyl (C=O) groups is 1. The second kappa shape index (κ2) is 16.1. The number of aliphatic hydroxyl groups is 1. The lowest BCUT2D eigenvalue weighted by molar-refractivity contribution is -0.656. The lowest BCUT2D eigenvalue weighted by Gasteiger charge is -2.15. The van der Waals surface area contributed by atoms with Crippen LogP contribution in [0.5, 0.6) is 0 Å². The van der Waals surface area contributed by atoms with E-state index in [2.05, 4.69) is 18.2 Å². The molecule has 4 aromatic rings. The van der Waals surface area contributed by atoms with Gasteiger partial charge in [0.2, 0.25) is 5.58 Å². The van der Waals surface area contributed by atoms with Crippen molar-refractivity contribution in [3.63, 3.8) is 0 Å². The van der Waals surface area contributed by atoms with Crippen LogP contribution in [-0.2, 0) is 28.5 Å². The van der Waals surface area contributed by atoms with Gasteiger partial charge in [0, 0.05) is 50.2 Å². The molecular formula is C31H37N4O6S6+. The van der Waals surface area contributed by atoms with Crippen molar-refractivity contribution in [3.05, 3.63) is 51.3 Å². The first-order valence-corrected chi connectivity index (χ1v) is 21.5. The fraction of sp³-hybridized carbons (Fsp3) is 0.387. The molecule has 252 valence electrons. The summed E-state index contributed by atoms with van der Waals surface area (Å²) < 4.78 is 17.3. The van der Waals surface area contributed by atoms with Crippen molar-refractivity contribution < 1.29 is 28.7 Å². The molecule has 2 N–H and O–H groups in total.